The minimum Gasteiger partial charge on any atom is -0.456 e. The van der Waals surface area contributed by atoms with Crippen LogP contribution in [0.1, 0.15) is 44.9 Å². The zero-order valence-corrected chi connectivity index (χ0v) is 13.7. The van der Waals surface area contributed by atoms with Crippen molar-refractivity contribution in [3.05, 3.63) is 58.6 Å². The summed E-state index contributed by atoms with van der Waals surface area (Å²) < 4.78 is 5.84. The highest BCUT2D eigenvalue weighted by Gasteiger charge is 2.13. The molecule has 0 saturated carbocycles. The summed E-state index contributed by atoms with van der Waals surface area (Å²) in [7, 11) is 0. The summed E-state index contributed by atoms with van der Waals surface area (Å²) >= 11 is 6.25. The first-order valence-corrected chi connectivity index (χ1v) is 7.48. The van der Waals surface area contributed by atoms with Gasteiger partial charge >= 0.3 is 0 Å². The van der Waals surface area contributed by atoms with Gasteiger partial charge in [0, 0.05) is 6.04 Å². The number of halogens is 1. The summed E-state index contributed by atoms with van der Waals surface area (Å²) in [6, 6.07) is 13.7. The molecule has 2 rings (SSSR count). The number of benzene rings is 2. The van der Waals surface area contributed by atoms with Crippen molar-refractivity contribution in [2.75, 3.05) is 0 Å². The zero-order chi connectivity index (χ0) is 15.6. The number of rotatable bonds is 3. The fourth-order valence-electron chi connectivity index (χ4n) is 2.03. The molecule has 0 aliphatic rings. The topological polar surface area (TPSA) is 35.2 Å². The molecule has 3 heteroatoms. The summed E-state index contributed by atoms with van der Waals surface area (Å²) in [5, 5.41) is 0.574. The Morgan fingerprint density at radius 2 is 1.67 bits per heavy atom. The molecule has 2 aromatic carbocycles. The second-order valence-electron chi connectivity index (χ2n) is 6.35. The van der Waals surface area contributed by atoms with Crippen molar-refractivity contribution in [3.63, 3.8) is 0 Å². The van der Waals surface area contributed by atoms with E-state index in [4.69, 9.17) is 22.1 Å². The van der Waals surface area contributed by atoms with E-state index >= 15 is 0 Å². The number of hydrogen-bond acceptors (Lipinski definition) is 2. The Hall–Kier alpha value is -1.51. The average molecular weight is 304 g/mol. The fraction of sp³-hybridized carbons (Fsp3) is 0.333. The van der Waals surface area contributed by atoms with Gasteiger partial charge < -0.3 is 10.5 Å². The van der Waals surface area contributed by atoms with Crippen molar-refractivity contribution in [1.29, 1.82) is 0 Å². The van der Waals surface area contributed by atoms with Crippen molar-refractivity contribution in [3.8, 4) is 11.5 Å². The first kappa shape index (κ1) is 15.9. The lowest BCUT2D eigenvalue weighted by atomic mass is 9.87. The van der Waals surface area contributed by atoms with Crippen LogP contribution in [0.25, 0.3) is 0 Å². The maximum atomic E-state index is 6.25. The van der Waals surface area contributed by atoms with E-state index in [-0.39, 0.29) is 11.5 Å². The van der Waals surface area contributed by atoms with Gasteiger partial charge in [-0.1, -0.05) is 50.6 Å². The maximum absolute atomic E-state index is 6.25. The Bertz CT molecular complexity index is 612. The highest BCUT2D eigenvalue weighted by atomic mass is 35.5. The van der Waals surface area contributed by atoms with Crippen LogP contribution in [0.4, 0.5) is 0 Å². The first-order valence-electron chi connectivity index (χ1n) is 7.11. The van der Waals surface area contributed by atoms with Gasteiger partial charge in [0.2, 0.25) is 0 Å². The van der Waals surface area contributed by atoms with Crippen LogP contribution >= 0.6 is 11.6 Å². The first-order chi connectivity index (χ1) is 9.77. The molecular formula is C18H22ClNO. The van der Waals surface area contributed by atoms with Crippen LogP contribution in [0, 0.1) is 0 Å². The molecule has 0 bridgehead atoms. The molecule has 2 N–H and O–H groups in total. The largest absolute Gasteiger partial charge is 0.456 e. The summed E-state index contributed by atoms with van der Waals surface area (Å²) in [5.74, 6) is 1.42. The van der Waals surface area contributed by atoms with Gasteiger partial charge in [-0.05, 0) is 47.7 Å². The van der Waals surface area contributed by atoms with E-state index in [2.05, 4.69) is 32.9 Å². The highest BCUT2D eigenvalue weighted by molar-refractivity contribution is 6.32. The molecule has 2 aromatic rings. The lowest BCUT2D eigenvalue weighted by Gasteiger charge is -2.19. The summed E-state index contributed by atoms with van der Waals surface area (Å²) in [6.07, 6.45) is 0. The molecule has 0 spiro atoms. The molecule has 0 radical (unpaired) electrons. The number of ether oxygens (including phenoxy) is 1. The minimum absolute atomic E-state index is 0.0392. The quantitative estimate of drug-likeness (QED) is 0.818. The van der Waals surface area contributed by atoms with E-state index in [0.29, 0.717) is 10.8 Å². The van der Waals surface area contributed by atoms with Crippen molar-refractivity contribution < 1.29 is 4.74 Å². The van der Waals surface area contributed by atoms with E-state index in [1.165, 1.54) is 5.56 Å². The molecule has 0 aliphatic carbocycles. The molecule has 0 saturated heterocycles. The van der Waals surface area contributed by atoms with Crippen molar-refractivity contribution in [2.45, 2.75) is 39.2 Å². The molecule has 0 aliphatic heterocycles. The third-order valence-corrected chi connectivity index (χ3v) is 3.73. The fourth-order valence-corrected chi connectivity index (χ4v) is 2.26. The number of hydrogen-bond donors (Lipinski definition) is 1. The predicted molar refractivity (Wildman–Crippen MR) is 89.3 cm³/mol. The van der Waals surface area contributed by atoms with Gasteiger partial charge in [0.25, 0.3) is 0 Å². The third kappa shape index (κ3) is 3.99. The van der Waals surface area contributed by atoms with Crippen LogP contribution in [0.15, 0.2) is 42.5 Å². The van der Waals surface area contributed by atoms with E-state index < -0.39 is 0 Å². The van der Waals surface area contributed by atoms with Gasteiger partial charge in [0.05, 0.1) is 5.02 Å². The van der Waals surface area contributed by atoms with Gasteiger partial charge in [-0.3, -0.25) is 0 Å². The summed E-state index contributed by atoms with van der Waals surface area (Å²) in [5.41, 5.74) is 8.24. The Kier molecular flexibility index (Phi) is 4.60. The Morgan fingerprint density at radius 3 is 2.14 bits per heavy atom. The summed E-state index contributed by atoms with van der Waals surface area (Å²) in [4.78, 5) is 0. The number of nitrogens with two attached hydrogens (primary N) is 1. The zero-order valence-electron chi connectivity index (χ0n) is 13.0. The van der Waals surface area contributed by atoms with Gasteiger partial charge in [-0.2, -0.15) is 0 Å². The molecule has 0 amide bonds. The van der Waals surface area contributed by atoms with E-state index in [1.54, 1.807) is 0 Å². The molecule has 0 aromatic heterocycles. The van der Waals surface area contributed by atoms with E-state index in [1.807, 2.05) is 37.3 Å². The molecule has 2 nitrogen and oxygen atoms in total. The van der Waals surface area contributed by atoms with Crippen LogP contribution in [-0.4, -0.2) is 0 Å². The van der Waals surface area contributed by atoms with Gasteiger partial charge in [0.15, 0.2) is 0 Å². The van der Waals surface area contributed by atoms with Crippen LogP contribution in [0.2, 0.25) is 5.02 Å². The van der Waals surface area contributed by atoms with Crippen molar-refractivity contribution >= 4 is 11.6 Å². The minimum atomic E-state index is -0.0392. The average Bonchev–Trinajstić information content (AvgIpc) is 2.40. The molecule has 21 heavy (non-hydrogen) atoms. The van der Waals surface area contributed by atoms with Crippen molar-refractivity contribution in [2.24, 2.45) is 5.73 Å². The third-order valence-electron chi connectivity index (χ3n) is 3.43. The van der Waals surface area contributed by atoms with Gasteiger partial charge in [-0.25, -0.2) is 0 Å². The van der Waals surface area contributed by atoms with Crippen LogP contribution < -0.4 is 10.5 Å². The van der Waals surface area contributed by atoms with E-state index in [9.17, 15) is 0 Å². The summed E-state index contributed by atoms with van der Waals surface area (Å²) in [6.45, 7) is 8.49. The maximum Gasteiger partial charge on any atom is 0.146 e. The SMILES string of the molecule is CC(N)c1ccc(Oc2ccc(C(C)(C)C)cc2)c(Cl)c1. The van der Waals surface area contributed by atoms with Gasteiger partial charge in [-0.15, -0.1) is 0 Å². The Morgan fingerprint density at radius 1 is 1.05 bits per heavy atom. The van der Waals surface area contributed by atoms with Gasteiger partial charge in [0.1, 0.15) is 11.5 Å². The predicted octanol–water partition coefficient (Wildman–Crippen LogP) is 5.45. The van der Waals surface area contributed by atoms with Crippen LogP contribution in [0.5, 0.6) is 11.5 Å². The molecule has 0 fully saturated rings. The molecule has 112 valence electrons. The normalized spacial score (nSPS) is 13.0. The highest BCUT2D eigenvalue weighted by Crippen LogP contribution is 2.32. The smallest absolute Gasteiger partial charge is 0.146 e. The van der Waals surface area contributed by atoms with Crippen LogP contribution in [0.3, 0.4) is 0 Å². The Labute approximate surface area is 131 Å². The lowest BCUT2D eigenvalue weighted by molar-refractivity contribution is 0.481. The standard InChI is InChI=1S/C18H22ClNO/c1-12(20)13-5-10-17(16(19)11-13)21-15-8-6-14(7-9-15)18(2,3)4/h5-12H,20H2,1-4H3. The molecule has 1 unspecified atom stereocenters. The molecule has 1 atom stereocenters. The lowest BCUT2D eigenvalue weighted by Crippen LogP contribution is -2.10. The molecular weight excluding hydrogens is 282 g/mol. The monoisotopic (exact) mass is 303 g/mol. The van der Waals surface area contributed by atoms with E-state index in [0.717, 1.165) is 11.3 Å². The second-order valence-corrected chi connectivity index (χ2v) is 6.76. The van der Waals surface area contributed by atoms with Crippen LogP contribution in [-0.2, 0) is 5.41 Å². The second kappa shape index (κ2) is 6.08. The molecule has 0 heterocycles. The Balaban J connectivity index is 2.19. The van der Waals surface area contributed by atoms with Crippen molar-refractivity contribution in [1.82, 2.24) is 0 Å².